The molecule has 0 fully saturated rings. The highest BCUT2D eigenvalue weighted by atomic mass is 32.2. The molecule has 15 heavy (non-hydrogen) atoms. The van der Waals surface area contributed by atoms with Crippen molar-refractivity contribution >= 4 is 11.8 Å². The van der Waals surface area contributed by atoms with Crippen LogP contribution in [-0.4, -0.2) is 38.0 Å². The van der Waals surface area contributed by atoms with Crippen molar-refractivity contribution in [2.75, 3.05) is 6.54 Å². The molecule has 0 aromatic carbocycles. The standard InChI is InChI=1S/C9H19N5S/c1-5-8(10-6-2)7(3)15-9-11-12-13-14(9)4/h7-8,10H,5-6H2,1-4H3. The fraction of sp³-hybridized carbons (Fsp3) is 0.889. The second kappa shape index (κ2) is 6.07. The third-order valence-corrected chi connectivity index (χ3v) is 3.60. The number of hydrogen-bond donors (Lipinski definition) is 1. The lowest BCUT2D eigenvalue weighted by Crippen LogP contribution is -2.36. The van der Waals surface area contributed by atoms with E-state index < -0.39 is 0 Å². The van der Waals surface area contributed by atoms with Crippen LogP contribution in [0.15, 0.2) is 5.16 Å². The third-order valence-electron chi connectivity index (χ3n) is 2.35. The Bertz CT molecular complexity index is 288. The molecule has 1 heterocycles. The van der Waals surface area contributed by atoms with Gasteiger partial charge in [0.05, 0.1) is 0 Å². The van der Waals surface area contributed by atoms with Crippen LogP contribution in [0, 0.1) is 0 Å². The lowest BCUT2D eigenvalue weighted by molar-refractivity contribution is 0.507. The molecule has 0 radical (unpaired) electrons. The Morgan fingerprint density at radius 1 is 1.47 bits per heavy atom. The molecule has 2 atom stereocenters. The van der Waals surface area contributed by atoms with Crippen molar-refractivity contribution in [1.29, 1.82) is 0 Å². The lowest BCUT2D eigenvalue weighted by Gasteiger charge is -2.22. The van der Waals surface area contributed by atoms with Crippen molar-refractivity contribution in [3.05, 3.63) is 0 Å². The molecular weight excluding hydrogens is 210 g/mol. The van der Waals surface area contributed by atoms with Crippen LogP contribution in [0.5, 0.6) is 0 Å². The fourth-order valence-electron chi connectivity index (χ4n) is 1.47. The number of rotatable bonds is 6. The number of aryl methyl sites for hydroxylation is 1. The highest BCUT2D eigenvalue weighted by molar-refractivity contribution is 7.99. The van der Waals surface area contributed by atoms with Crippen LogP contribution in [0.2, 0.25) is 0 Å². The van der Waals surface area contributed by atoms with Gasteiger partial charge in [0.15, 0.2) is 0 Å². The lowest BCUT2D eigenvalue weighted by atomic mass is 10.2. The Hall–Kier alpha value is -0.620. The predicted molar refractivity (Wildman–Crippen MR) is 61.9 cm³/mol. The number of thioether (sulfide) groups is 1. The smallest absolute Gasteiger partial charge is 0.209 e. The quantitative estimate of drug-likeness (QED) is 0.740. The first-order chi connectivity index (χ1) is 7.19. The van der Waals surface area contributed by atoms with E-state index in [9.17, 15) is 0 Å². The number of nitrogens with one attached hydrogen (secondary N) is 1. The number of aromatic nitrogens is 4. The van der Waals surface area contributed by atoms with E-state index in [1.165, 1.54) is 0 Å². The average Bonchev–Trinajstić information content (AvgIpc) is 2.60. The van der Waals surface area contributed by atoms with Gasteiger partial charge < -0.3 is 5.32 Å². The zero-order valence-electron chi connectivity index (χ0n) is 9.77. The average molecular weight is 229 g/mol. The number of nitrogens with zero attached hydrogens (tertiary/aromatic N) is 4. The SMILES string of the molecule is CCNC(CC)C(C)Sc1nnnn1C. The highest BCUT2D eigenvalue weighted by Gasteiger charge is 2.17. The molecule has 0 bridgehead atoms. The molecule has 2 unspecified atom stereocenters. The number of hydrogen-bond acceptors (Lipinski definition) is 5. The summed E-state index contributed by atoms with van der Waals surface area (Å²) in [7, 11) is 1.86. The van der Waals surface area contributed by atoms with E-state index in [0.717, 1.165) is 18.1 Å². The van der Waals surface area contributed by atoms with Crippen LogP contribution in [0.3, 0.4) is 0 Å². The van der Waals surface area contributed by atoms with E-state index in [1.54, 1.807) is 16.4 Å². The van der Waals surface area contributed by atoms with Gasteiger partial charge in [-0.2, -0.15) is 0 Å². The molecular formula is C9H19N5S. The van der Waals surface area contributed by atoms with Crippen molar-refractivity contribution in [3.8, 4) is 0 Å². The molecule has 1 aromatic rings. The minimum Gasteiger partial charge on any atom is -0.313 e. The molecule has 0 saturated carbocycles. The highest BCUT2D eigenvalue weighted by Crippen LogP contribution is 2.22. The zero-order chi connectivity index (χ0) is 11.3. The largest absolute Gasteiger partial charge is 0.313 e. The van der Waals surface area contributed by atoms with Gasteiger partial charge in [0.2, 0.25) is 5.16 Å². The molecule has 6 heteroatoms. The molecule has 0 saturated heterocycles. The molecule has 1 rings (SSSR count). The summed E-state index contributed by atoms with van der Waals surface area (Å²) in [5.74, 6) is 0. The van der Waals surface area contributed by atoms with Gasteiger partial charge in [-0.3, -0.25) is 0 Å². The molecule has 1 N–H and O–H groups in total. The van der Waals surface area contributed by atoms with Crippen LogP contribution in [0.25, 0.3) is 0 Å². The monoisotopic (exact) mass is 229 g/mol. The van der Waals surface area contributed by atoms with E-state index in [1.807, 2.05) is 7.05 Å². The van der Waals surface area contributed by atoms with Crippen molar-refractivity contribution in [2.45, 2.75) is 43.6 Å². The maximum Gasteiger partial charge on any atom is 0.209 e. The van der Waals surface area contributed by atoms with Crippen LogP contribution >= 0.6 is 11.8 Å². The van der Waals surface area contributed by atoms with Gasteiger partial charge in [0, 0.05) is 18.3 Å². The first-order valence-corrected chi connectivity index (χ1v) is 6.19. The molecule has 1 aromatic heterocycles. The van der Waals surface area contributed by atoms with Gasteiger partial charge in [-0.15, -0.1) is 5.10 Å². The Balaban J connectivity index is 2.53. The first-order valence-electron chi connectivity index (χ1n) is 5.31. The van der Waals surface area contributed by atoms with E-state index >= 15 is 0 Å². The summed E-state index contributed by atoms with van der Waals surface area (Å²) >= 11 is 1.71. The van der Waals surface area contributed by atoms with Gasteiger partial charge in [0.1, 0.15) is 0 Å². The Morgan fingerprint density at radius 2 is 2.20 bits per heavy atom. The summed E-state index contributed by atoms with van der Waals surface area (Å²) in [6.45, 7) is 7.53. The number of tetrazole rings is 1. The van der Waals surface area contributed by atoms with E-state index in [0.29, 0.717) is 11.3 Å². The normalized spacial score (nSPS) is 15.2. The second-order valence-electron chi connectivity index (χ2n) is 3.48. The maximum atomic E-state index is 3.97. The van der Waals surface area contributed by atoms with E-state index in [4.69, 9.17) is 0 Å². The Labute approximate surface area is 95.0 Å². The Morgan fingerprint density at radius 3 is 2.67 bits per heavy atom. The molecule has 0 aliphatic heterocycles. The van der Waals surface area contributed by atoms with Crippen LogP contribution in [0.4, 0.5) is 0 Å². The summed E-state index contributed by atoms with van der Waals surface area (Å²) < 4.78 is 1.71. The molecule has 0 aliphatic carbocycles. The van der Waals surface area contributed by atoms with Crippen LogP contribution < -0.4 is 5.32 Å². The minimum absolute atomic E-state index is 0.472. The summed E-state index contributed by atoms with van der Waals surface area (Å²) in [6, 6.07) is 0.511. The molecule has 5 nitrogen and oxygen atoms in total. The summed E-state index contributed by atoms with van der Waals surface area (Å²) in [6.07, 6.45) is 1.12. The van der Waals surface area contributed by atoms with Crippen molar-refractivity contribution in [3.63, 3.8) is 0 Å². The van der Waals surface area contributed by atoms with Gasteiger partial charge in [-0.25, -0.2) is 4.68 Å². The summed E-state index contributed by atoms with van der Waals surface area (Å²) in [5, 5.41) is 16.2. The van der Waals surface area contributed by atoms with Gasteiger partial charge in [0.25, 0.3) is 0 Å². The molecule has 0 aliphatic rings. The first kappa shape index (κ1) is 12.4. The third kappa shape index (κ3) is 3.46. The second-order valence-corrected chi connectivity index (χ2v) is 4.82. The Kier molecular flexibility index (Phi) is 5.04. The topological polar surface area (TPSA) is 55.6 Å². The van der Waals surface area contributed by atoms with Crippen molar-refractivity contribution < 1.29 is 0 Å². The predicted octanol–water partition coefficient (Wildman–Crippen LogP) is 1.08. The fourth-order valence-corrected chi connectivity index (χ4v) is 2.53. The van der Waals surface area contributed by atoms with Gasteiger partial charge >= 0.3 is 0 Å². The molecule has 0 amide bonds. The molecule has 86 valence electrons. The van der Waals surface area contributed by atoms with Crippen LogP contribution in [0.1, 0.15) is 27.2 Å². The summed E-state index contributed by atoms with van der Waals surface area (Å²) in [4.78, 5) is 0. The molecule has 0 spiro atoms. The zero-order valence-corrected chi connectivity index (χ0v) is 10.6. The van der Waals surface area contributed by atoms with Crippen LogP contribution in [-0.2, 0) is 7.05 Å². The van der Waals surface area contributed by atoms with Crippen molar-refractivity contribution in [2.24, 2.45) is 7.05 Å². The van der Waals surface area contributed by atoms with Gasteiger partial charge in [-0.1, -0.05) is 32.5 Å². The maximum absolute atomic E-state index is 3.97. The van der Waals surface area contributed by atoms with E-state index in [2.05, 4.69) is 41.6 Å². The summed E-state index contributed by atoms with van der Waals surface area (Å²) in [5.41, 5.74) is 0. The van der Waals surface area contributed by atoms with E-state index in [-0.39, 0.29) is 0 Å². The van der Waals surface area contributed by atoms with Crippen molar-refractivity contribution in [1.82, 2.24) is 25.5 Å². The minimum atomic E-state index is 0.472. The van der Waals surface area contributed by atoms with Gasteiger partial charge in [-0.05, 0) is 23.4 Å².